The van der Waals surface area contributed by atoms with Crippen molar-refractivity contribution in [3.63, 3.8) is 0 Å². The molecule has 0 aromatic heterocycles. The fourth-order valence-corrected chi connectivity index (χ4v) is 2.96. The molecule has 0 heterocycles. The predicted molar refractivity (Wildman–Crippen MR) is 122 cm³/mol. The van der Waals surface area contributed by atoms with Gasteiger partial charge >= 0.3 is 5.97 Å². The quantitative estimate of drug-likeness (QED) is 0.540. The largest absolute Gasteiger partial charge is 0.508 e. The summed E-state index contributed by atoms with van der Waals surface area (Å²) in [6.45, 7) is 2.95. The molecule has 0 radical (unpaired) electrons. The highest BCUT2D eigenvalue weighted by Crippen LogP contribution is 2.24. The molecule has 3 aromatic carbocycles. The fraction of sp³-hybridized carbons (Fsp3) is 0.160. The van der Waals surface area contributed by atoms with Crippen LogP contribution in [0.25, 0.3) is 11.1 Å². The summed E-state index contributed by atoms with van der Waals surface area (Å²) in [5.41, 5.74) is 1.89. The van der Waals surface area contributed by atoms with Gasteiger partial charge in [0, 0.05) is 23.9 Å². The number of aliphatic carboxylic acids is 1. The van der Waals surface area contributed by atoms with E-state index in [1.165, 1.54) is 50.1 Å². The van der Waals surface area contributed by atoms with Crippen LogP contribution in [0.1, 0.15) is 34.6 Å². The molecule has 7 nitrogen and oxygen atoms in total. The first-order chi connectivity index (χ1) is 15.1. The third-order valence-electron chi connectivity index (χ3n) is 5.40. The molecule has 3 N–H and O–H groups in total. The van der Waals surface area contributed by atoms with Gasteiger partial charge in [0.15, 0.2) is 0 Å². The van der Waals surface area contributed by atoms with Crippen molar-refractivity contribution in [2.75, 3.05) is 12.4 Å². The van der Waals surface area contributed by atoms with Crippen LogP contribution in [0.2, 0.25) is 0 Å². The van der Waals surface area contributed by atoms with Gasteiger partial charge < -0.3 is 20.4 Å². The summed E-state index contributed by atoms with van der Waals surface area (Å²) in [6.07, 6.45) is 0. The number of benzene rings is 3. The number of rotatable bonds is 6. The lowest BCUT2D eigenvalue weighted by Crippen LogP contribution is -2.50. The smallest absolute Gasteiger partial charge is 0.329 e. The van der Waals surface area contributed by atoms with Gasteiger partial charge in [0.05, 0.1) is 0 Å². The molecular formula is C25H24N2O5. The second kappa shape index (κ2) is 8.93. The molecule has 0 fully saturated rings. The average molecular weight is 432 g/mol. The second-order valence-corrected chi connectivity index (χ2v) is 7.88. The molecular weight excluding hydrogens is 408 g/mol. The molecule has 164 valence electrons. The molecule has 0 spiro atoms. The van der Waals surface area contributed by atoms with E-state index in [4.69, 9.17) is 0 Å². The lowest BCUT2D eigenvalue weighted by Gasteiger charge is -2.31. The lowest BCUT2D eigenvalue weighted by atomic mass is 10.0. The molecule has 0 aliphatic rings. The third-order valence-corrected chi connectivity index (χ3v) is 5.40. The molecule has 0 aliphatic carbocycles. The molecule has 0 saturated carbocycles. The van der Waals surface area contributed by atoms with Gasteiger partial charge in [0.25, 0.3) is 11.8 Å². The lowest BCUT2D eigenvalue weighted by molar-refractivity contribution is -0.147. The first-order valence-electron chi connectivity index (χ1n) is 9.92. The van der Waals surface area contributed by atoms with Gasteiger partial charge in [-0.25, -0.2) is 4.79 Å². The van der Waals surface area contributed by atoms with Crippen molar-refractivity contribution >= 4 is 23.5 Å². The van der Waals surface area contributed by atoms with E-state index in [9.17, 15) is 24.6 Å². The van der Waals surface area contributed by atoms with Crippen LogP contribution in [0, 0.1) is 0 Å². The number of amides is 2. The van der Waals surface area contributed by atoms with Crippen LogP contribution in [0.15, 0.2) is 72.8 Å². The number of phenolic OH excluding ortho intramolecular Hbond substituents is 1. The maximum absolute atomic E-state index is 12.6. The van der Waals surface area contributed by atoms with Crippen molar-refractivity contribution in [1.82, 2.24) is 4.90 Å². The zero-order valence-corrected chi connectivity index (χ0v) is 18.0. The van der Waals surface area contributed by atoms with Gasteiger partial charge in [0.2, 0.25) is 0 Å². The van der Waals surface area contributed by atoms with Gasteiger partial charge in [-0.2, -0.15) is 0 Å². The number of hydrogen-bond acceptors (Lipinski definition) is 4. The summed E-state index contributed by atoms with van der Waals surface area (Å²) in [7, 11) is 1.47. The summed E-state index contributed by atoms with van der Waals surface area (Å²) in [5.74, 6) is -1.65. The van der Waals surface area contributed by atoms with E-state index in [1.54, 1.807) is 36.4 Å². The summed E-state index contributed by atoms with van der Waals surface area (Å²) >= 11 is 0. The molecule has 0 aliphatic heterocycles. The minimum atomic E-state index is -1.32. The van der Waals surface area contributed by atoms with E-state index < -0.39 is 11.5 Å². The van der Waals surface area contributed by atoms with E-state index in [0.29, 0.717) is 16.8 Å². The molecule has 3 aromatic rings. The Labute approximate surface area is 185 Å². The van der Waals surface area contributed by atoms with Gasteiger partial charge in [0.1, 0.15) is 11.3 Å². The van der Waals surface area contributed by atoms with E-state index in [1.807, 2.05) is 12.1 Å². The monoisotopic (exact) mass is 432 g/mol. The Morgan fingerprint density at radius 1 is 0.781 bits per heavy atom. The van der Waals surface area contributed by atoms with Crippen molar-refractivity contribution in [2.45, 2.75) is 19.4 Å². The highest BCUT2D eigenvalue weighted by atomic mass is 16.4. The Kier molecular flexibility index (Phi) is 6.30. The van der Waals surface area contributed by atoms with Crippen LogP contribution >= 0.6 is 0 Å². The number of hydrogen-bond donors (Lipinski definition) is 3. The zero-order valence-electron chi connectivity index (χ0n) is 18.0. The fourth-order valence-electron chi connectivity index (χ4n) is 2.96. The number of carbonyl (C=O) groups excluding carboxylic acids is 2. The summed E-state index contributed by atoms with van der Waals surface area (Å²) in [4.78, 5) is 37.5. The maximum atomic E-state index is 12.6. The van der Waals surface area contributed by atoms with Crippen molar-refractivity contribution in [1.29, 1.82) is 0 Å². The zero-order chi connectivity index (χ0) is 23.5. The number of carbonyl (C=O) groups is 3. The van der Waals surface area contributed by atoms with Gasteiger partial charge in [-0.15, -0.1) is 0 Å². The Bertz CT molecular complexity index is 1130. The van der Waals surface area contributed by atoms with Gasteiger partial charge in [-0.1, -0.05) is 24.3 Å². The highest BCUT2D eigenvalue weighted by molar-refractivity contribution is 6.04. The third kappa shape index (κ3) is 4.78. The second-order valence-electron chi connectivity index (χ2n) is 7.88. The summed E-state index contributed by atoms with van der Waals surface area (Å²) in [5, 5.41) is 21.4. The Hall–Kier alpha value is -4.13. The molecule has 0 unspecified atom stereocenters. The van der Waals surface area contributed by atoms with Crippen molar-refractivity contribution < 1.29 is 24.6 Å². The molecule has 0 atom stereocenters. The Morgan fingerprint density at radius 3 is 1.75 bits per heavy atom. The summed E-state index contributed by atoms with van der Waals surface area (Å²) in [6, 6.07) is 20.1. The van der Waals surface area contributed by atoms with Crippen LogP contribution < -0.4 is 5.32 Å². The van der Waals surface area contributed by atoms with Crippen LogP contribution in [0.5, 0.6) is 5.75 Å². The molecule has 2 amide bonds. The van der Waals surface area contributed by atoms with Gasteiger partial charge in [-0.3, -0.25) is 9.59 Å². The van der Waals surface area contributed by atoms with Crippen LogP contribution in [-0.4, -0.2) is 45.5 Å². The van der Waals surface area contributed by atoms with Crippen LogP contribution in [0.4, 0.5) is 5.69 Å². The number of carboxylic acids is 1. The van der Waals surface area contributed by atoms with E-state index >= 15 is 0 Å². The molecule has 7 heteroatoms. The average Bonchev–Trinajstić information content (AvgIpc) is 2.79. The molecule has 0 saturated heterocycles. The van der Waals surface area contributed by atoms with Crippen molar-refractivity contribution in [2.24, 2.45) is 0 Å². The Balaban J connectivity index is 1.70. The standard InChI is InChI=1S/C25H24N2O5/c1-25(2,24(31)32)27(3)23(30)19-6-4-16(5-7-19)17-8-12-20(13-9-17)26-22(29)18-10-14-21(28)15-11-18/h4-15,28H,1-3H3,(H,26,29)(H,31,32). The maximum Gasteiger partial charge on any atom is 0.329 e. The van der Waals surface area contributed by atoms with Crippen LogP contribution in [-0.2, 0) is 4.79 Å². The van der Waals surface area contributed by atoms with Gasteiger partial charge in [-0.05, 0) is 73.5 Å². The first-order valence-corrected chi connectivity index (χ1v) is 9.92. The van der Waals surface area contributed by atoms with Crippen molar-refractivity contribution in [3.05, 3.63) is 83.9 Å². The minimum absolute atomic E-state index is 0.0934. The molecule has 3 rings (SSSR count). The van der Waals surface area contributed by atoms with E-state index in [0.717, 1.165) is 11.1 Å². The number of carboxylic acid groups (broad SMARTS) is 1. The number of likely N-dealkylation sites (N-methyl/N-ethyl adjacent to an activating group) is 1. The van der Waals surface area contributed by atoms with Crippen molar-refractivity contribution in [3.8, 4) is 16.9 Å². The normalized spacial score (nSPS) is 11.0. The SMILES string of the molecule is CN(C(=O)c1ccc(-c2ccc(NC(=O)c3ccc(O)cc3)cc2)cc1)C(C)(C)C(=O)O. The Morgan fingerprint density at radius 2 is 1.25 bits per heavy atom. The van der Waals surface area contributed by atoms with E-state index in [-0.39, 0.29) is 17.6 Å². The molecule has 0 bridgehead atoms. The number of phenols is 1. The number of aromatic hydroxyl groups is 1. The summed E-state index contributed by atoms with van der Waals surface area (Å²) < 4.78 is 0. The first kappa shape index (κ1) is 22.6. The number of nitrogens with zero attached hydrogens (tertiary/aromatic N) is 1. The van der Waals surface area contributed by atoms with E-state index in [2.05, 4.69) is 5.32 Å². The number of nitrogens with one attached hydrogen (secondary N) is 1. The van der Waals surface area contributed by atoms with Crippen LogP contribution in [0.3, 0.4) is 0 Å². The highest BCUT2D eigenvalue weighted by Gasteiger charge is 2.35. The topological polar surface area (TPSA) is 107 Å². The minimum Gasteiger partial charge on any atom is -0.508 e. The molecule has 32 heavy (non-hydrogen) atoms. The predicted octanol–water partition coefficient (Wildman–Crippen LogP) is 4.25. The number of anilines is 1.